The summed E-state index contributed by atoms with van der Waals surface area (Å²) in [5.74, 6) is -0.277. The largest absolute Gasteiger partial charge is 0.491 e. The maximum absolute atomic E-state index is 13.0. The molecule has 6 nitrogen and oxygen atoms in total. The van der Waals surface area contributed by atoms with Gasteiger partial charge < -0.3 is 21.1 Å². The fourth-order valence-electron chi connectivity index (χ4n) is 2.80. The number of nitrogen functional groups attached to an aromatic ring is 2. The topological polar surface area (TPSA) is 98.7 Å². The molecule has 2 aromatic carbocycles. The van der Waals surface area contributed by atoms with E-state index in [1.807, 2.05) is 19.0 Å². The van der Waals surface area contributed by atoms with Crippen molar-refractivity contribution >= 4 is 22.9 Å². The van der Waals surface area contributed by atoms with E-state index in [2.05, 4.69) is 0 Å². The number of hydrogen-bond acceptors (Lipinski definition) is 6. The Kier molecular flexibility index (Phi) is 3.99. The van der Waals surface area contributed by atoms with Crippen molar-refractivity contribution in [1.82, 2.24) is 4.90 Å². The molecule has 0 atom stereocenters. The Bertz CT molecular complexity index is 844. The molecule has 0 bridgehead atoms. The van der Waals surface area contributed by atoms with Crippen molar-refractivity contribution in [2.75, 3.05) is 38.7 Å². The Hall–Kier alpha value is -2.86. The SMILES string of the molecule is CN(C)CCOc1ccc(N)c2c1C(=O)c1c(N)cccc1C2=O. The molecule has 124 valence electrons. The van der Waals surface area contributed by atoms with Gasteiger partial charge in [0.1, 0.15) is 12.4 Å². The zero-order chi connectivity index (χ0) is 17.4. The number of anilines is 2. The van der Waals surface area contributed by atoms with Gasteiger partial charge in [0.2, 0.25) is 0 Å². The van der Waals surface area contributed by atoms with Crippen LogP contribution in [0.5, 0.6) is 5.75 Å². The van der Waals surface area contributed by atoms with E-state index in [-0.39, 0.29) is 45.2 Å². The van der Waals surface area contributed by atoms with E-state index in [0.717, 1.165) is 0 Å². The number of ketones is 2. The molecule has 0 aliphatic heterocycles. The van der Waals surface area contributed by atoms with E-state index in [1.165, 1.54) is 0 Å². The lowest BCUT2D eigenvalue weighted by Crippen LogP contribution is -2.25. The van der Waals surface area contributed by atoms with Gasteiger partial charge in [-0.3, -0.25) is 9.59 Å². The average Bonchev–Trinajstić information content (AvgIpc) is 2.53. The van der Waals surface area contributed by atoms with Crippen LogP contribution in [0.3, 0.4) is 0 Å². The second-order valence-corrected chi connectivity index (χ2v) is 5.98. The van der Waals surface area contributed by atoms with Crippen molar-refractivity contribution in [2.24, 2.45) is 0 Å². The number of carbonyl (C=O) groups is 2. The van der Waals surface area contributed by atoms with Crippen molar-refractivity contribution < 1.29 is 14.3 Å². The van der Waals surface area contributed by atoms with Crippen molar-refractivity contribution in [3.63, 3.8) is 0 Å². The van der Waals surface area contributed by atoms with Crippen molar-refractivity contribution in [1.29, 1.82) is 0 Å². The summed E-state index contributed by atoms with van der Waals surface area (Å²) in [6.45, 7) is 1.07. The zero-order valence-electron chi connectivity index (χ0n) is 13.6. The summed E-state index contributed by atoms with van der Waals surface area (Å²) in [6, 6.07) is 8.06. The van der Waals surface area contributed by atoms with Gasteiger partial charge in [0.25, 0.3) is 0 Å². The molecule has 3 rings (SSSR count). The third kappa shape index (κ3) is 2.51. The van der Waals surface area contributed by atoms with Gasteiger partial charge in [-0.2, -0.15) is 0 Å². The Balaban J connectivity index is 2.12. The first-order valence-corrected chi connectivity index (χ1v) is 7.59. The molecule has 0 aromatic heterocycles. The molecule has 0 fully saturated rings. The van der Waals surface area contributed by atoms with Gasteiger partial charge in [0.15, 0.2) is 11.6 Å². The summed E-state index contributed by atoms with van der Waals surface area (Å²) >= 11 is 0. The number of hydrogen-bond donors (Lipinski definition) is 2. The van der Waals surface area contributed by atoms with Crippen LogP contribution in [0.15, 0.2) is 30.3 Å². The molecule has 0 heterocycles. The summed E-state index contributed by atoms with van der Waals surface area (Å²) in [5, 5.41) is 0. The van der Waals surface area contributed by atoms with Gasteiger partial charge in [-0.05, 0) is 32.3 Å². The summed E-state index contributed by atoms with van der Waals surface area (Å²) in [6.07, 6.45) is 0. The molecule has 0 unspecified atom stereocenters. The minimum Gasteiger partial charge on any atom is -0.491 e. The van der Waals surface area contributed by atoms with E-state index >= 15 is 0 Å². The second-order valence-electron chi connectivity index (χ2n) is 5.98. The van der Waals surface area contributed by atoms with Crippen molar-refractivity contribution in [2.45, 2.75) is 0 Å². The molecule has 24 heavy (non-hydrogen) atoms. The quantitative estimate of drug-likeness (QED) is 0.707. The first-order valence-electron chi connectivity index (χ1n) is 7.59. The summed E-state index contributed by atoms with van der Waals surface area (Å²) < 4.78 is 5.73. The highest BCUT2D eigenvalue weighted by Gasteiger charge is 2.35. The van der Waals surface area contributed by atoms with Crippen molar-refractivity contribution in [3.05, 3.63) is 52.6 Å². The molecule has 0 saturated heterocycles. The van der Waals surface area contributed by atoms with E-state index in [1.54, 1.807) is 30.3 Å². The highest BCUT2D eigenvalue weighted by molar-refractivity contribution is 6.32. The Morgan fingerprint density at radius 3 is 2.33 bits per heavy atom. The predicted octanol–water partition coefficient (Wildman–Crippen LogP) is 1.57. The van der Waals surface area contributed by atoms with E-state index in [9.17, 15) is 9.59 Å². The maximum Gasteiger partial charge on any atom is 0.200 e. The number of benzene rings is 2. The Morgan fingerprint density at radius 2 is 1.62 bits per heavy atom. The average molecular weight is 325 g/mol. The number of nitrogens with two attached hydrogens (primary N) is 2. The molecule has 6 heteroatoms. The third-order valence-electron chi connectivity index (χ3n) is 4.02. The number of rotatable bonds is 4. The Labute approximate surface area is 140 Å². The summed E-state index contributed by atoms with van der Waals surface area (Å²) in [4.78, 5) is 27.7. The van der Waals surface area contributed by atoms with Crippen LogP contribution in [0, 0.1) is 0 Å². The van der Waals surface area contributed by atoms with Gasteiger partial charge in [-0.15, -0.1) is 0 Å². The molecule has 0 spiro atoms. The normalized spacial score (nSPS) is 13.0. The Morgan fingerprint density at radius 1 is 0.917 bits per heavy atom. The number of likely N-dealkylation sites (N-methyl/N-ethyl adjacent to an activating group) is 1. The van der Waals surface area contributed by atoms with Gasteiger partial charge >= 0.3 is 0 Å². The monoisotopic (exact) mass is 325 g/mol. The minimum absolute atomic E-state index is 0.195. The lowest BCUT2D eigenvalue weighted by atomic mass is 9.82. The molecule has 4 N–H and O–H groups in total. The van der Waals surface area contributed by atoms with E-state index in [0.29, 0.717) is 18.9 Å². The van der Waals surface area contributed by atoms with Crippen LogP contribution >= 0.6 is 0 Å². The molecule has 0 amide bonds. The van der Waals surface area contributed by atoms with Gasteiger partial charge in [0.05, 0.1) is 16.7 Å². The summed E-state index contributed by atoms with van der Waals surface area (Å²) in [7, 11) is 3.85. The highest BCUT2D eigenvalue weighted by Crippen LogP contribution is 2.38. The van der Waals surface area contributed by atoms with Crippen LogP contribution in [0.2, 0.25) is 0 Å². The number of ether oxygens (including phenoxy) is 1. The van der Waals surface area contributed by atoms with Crippen LogP contribution in [0.25, 0.3) is 0 Å². The predicted molar refractivity (Wildman–Crippen MR) is 92.6 cm³/mol. The van der Waals surface area contributed by atoms with Crippen LogP contribution < -0.4 is 16.2 Å². The van der Waals surface area contributed by atoms with E-state index in [4.69, 9.17) is 16.2 Å². The molecule has 1 aliphatic carbocycles. The van der Waals surface area contributed by atoms with Gasteiger partial charge in [-0.25, -0.2) is 0 Å². The molecular formula is C18H19N3O3. The third-order valence-corrected chi connectivity index (χ3v) is 4.02. The van der Waals surface area contributed by atoms with Crippen LogP contribution in [-0.4, -0.2) is 43.7 Å². The van der Waals surface area contributed by atoms with Crippen molar-refractivity contribution in [3.8, 4) is 5.75 Å². The zero-order valence-corrected chi connectivity index (χ0v) is 13.6. The van der Waals surface area contributed by atoms with Gasteiger partial charge in [-0.1, -0.05) is 12.1 Å². The first-order chi connectivity index (χ1) is 11.4. The molecule has 0 saturated carbocycles. The van der Waals surface area contributed by atoms with Crippen LogP contribution in [-0.2, 0) is 0 Å². The summed E-state index contributed by atoms with van der Waals surface area (Å²) in [5.41, 5.74) is 13.3. The fraction of sp³-hybridized carbons (Fsp3) is 0.222. The van der Waals surface area contributed by atoms with Crippen LogP contribution in [0.4, 0.5) is 11.4 Å². The fourth-order valence-corrected chi connectivity index (χ4v) is 2.80. The smallest absolute Gasteiger partial charge is 0.200 e. The molecule has 2 aromatic rings. The number of carbonyl (C=O) groups excluding carboxylic acids is 2. The maximum atomic E-state index is 13.0. The van der Waals surface area contributed by atoms with Crippen LogP contribution in [0.1, 0.15) is 31.8 Å². The van der Waals surface area contributed by atoms with Gasteiger partial charge in [0, 0.05) is 23.5 Å². The highest BCUT2D eigenvalue weighted by atomic mass is 16.5. The van der Waals surface area contributed by atoms with E-state index < -0.39 is 0 Å². The number of fused-ring (bicyclic) bond motifs is 2. The molecule has 0 radical (unpaired) electrons. The molecule has 1 aliphatic rings. The second kappa shape index (κ2) is 5.98. The first kappa shape index (κ1) is 16.0. The lowest BCUT2D eigenvalue weighted by Gasteiger charge is -2.23. The lowest BCUT2D eigenvalue weighted by molar-refractivity contribution is 0.0976. The number of nitrogens with zero attached hydrogens (tertiary/aromatic N) is 1. The minimum atomic E-state index is -0.329. The standard InChI is InChI=1S/C18H19N3O3/c1-21(2)8-9-24-13-7-6-12(20)15-16(13)18(23)14-10(17(15)22)4-3-5-11(14)19/h3-7H,8-9,19-20H2,1-2H3. The molecular weight excluding hydrogens is 306 g/mol.